The van der Waals surface area contributed by atoms with Crippen molar-refractivity contribution < 1.29 is 17.8 Å². The van der Waals surface area contributed by atoms with Crippen LogP contribution in [0.1, 0.15) is 0 Å². The van der Waals surface area contributed by atoms with Crippen LogP contribution in [0.25, 0.3) is 0 Å². The zero-order chi connectivity index (χ0) is 9.03. The summed E-state index contributed by atoms with van der Waals surface area (Å²) in [6, 6.07) is 0. The van der Waals surface area contributed by atoms with Crippen molar-refractivity contribution in [1.29, 1.82) is 0 Å². The van der Waals surface area contributed by atoms with E-state index in [9.17, 15) is 8.42 Å². The molecule has 0 radical (unpaired) electrons. The van der Waals surface area contributed by atoms with Gasteiger partial charge in [-0.2, -0.15) is 13.6 Å². The Labute approximate surface area is 69.8 Å². The third-order valence-electron chi connectivity index (χ3n) is 0.971. The molecule has 0 aliphatic carbocycles. The highest BCUT2D eigenvalue weighted by atomic mass is 32.2. The minimum atomic E-state index is -4.09. The van der Waals surface area contributed by atoms with Crippen molar-refractivity contribution in [1.82, 2.24) is 10.6 Å². The molecule has 1 aliphatic rings. The predicted octanol–water partition coefficient (Wildman–Crippen LogP) is -0.389. The van der Waals surface area contributed by atoms with E-state index < -0.39 is 16.1 Å². The molecule has 68 valence electrons. The number of nitrogens with one attached hydrogen (secondary N) is 1. The maximum atomic E-state index is 10.2. The Morgan fingerprint density at radius 1 is 1.50 bits per heavy atom. The van der Waals surface area contributed by atoms with E-state index in [0.29, 0.717) is 0 Å². The lowest BCUT2D eigenvalue weighted by Crippen LogP contribution is -2.32. The fourth-order valence-corrected chi connectivity index (χ4v) is 0.793. The molecule has 0 spiro atoms. The summed E-state index contributed by atoms with van der Waals surface area (Å²) in [6.07, 6.45) is 6.35. The summed E-state index contributed by atoms with van der Waals surface area (Å²) in [4.78, 5) is 4.59. The van der Waals surface area contributed by atoms with E-state index in [2.05, 4.69) is 10.3 Å². The van der Waals surface area contributed by atoms with Gasteiger partial charge in [0.15, 0.2) is 0 Å². The molecular weight excluding hydrogens is 184 g/mol. The Morgan fingerprint density at radius 2 is 2.25 bits per heavy atom. The van der Waals surface area contributed by atoms with Crippen LogP contribution in [0.4, 0.5) is 0 Å². The van der Waals surface area contributed by atoms with Crippen LogP contribution in [0.5, 0.6) is 0 Å². The van der Waals surface area contributed by atoms with Gasteiger partial charge in [0.2, 0.25) is 5.94 Å². The average Bonchev–Trinajstić information content (AvgIpc) is 2.02. The molecule has 2 N–H and O–H groups in total. The van der Waals surface area contributed by atoms with Gasteiger partial charge >= 0.3 is 0 Å². The van der Waals surface area contributed by atoms with Crippen LogP contribution < -0.4 is 5.43 Å². The van der Waals surface area contributed by atoms with Crippen LogP contribution in [0, 0.1) is 0 Å². The molecule has 0 aromatic heterocycles. The molecule has 6 nitrogen and oxygen atoms in total. The van der Waals surface area contributed by atoms with E-state index in [4.69, 9.17) is 4.55 Å². The summed E-state index contributed by atoms with van der Waals surface area (Å²) in [5, 5.41) is 1.06. The first-order valence-corrected chi connectivity index (χ1v) is 4.66. The summed E-state index contributed by atoms with van der Waals surface area (Å²) in [5.74, 6) is -0.780. The molecule has 1 rings (SSSR count). The second-order valence-electron chi connectivity index (χ2n) is 1.98. The Balaban J connectivity index is 2.34. The van der Waals surface area contributed by atoms with Gasteiger partial charge in [-0.15, -0.1) is 0 Å². The molecule has 0 bridgehead atoms. The standard InChI is InChI=1S/C5H8N2O4S/c8-12(9,10)5-11-7-4-2-1-3-6-7/h1-4,6H,5H2,(H,8,9,10). The number of hydrogen-bond donors (Lipinski definition) is 2. The number of allylic oxidation sites excluding steroid dienone is 2. The van der Waals surface area contributed by atoms with Gasteiger partial charge < -0.3 is 0 Å². The van der Waals surface area contributed by atoms with Crippen LogP contribution in [-0.4, -0.2) is 24.1 Å². The van der Waals surface area contributed by atoms with Gasteiger partial charge in [-0.25, -0.2) is 4.84 Å². The molecule has 0 saturated carbocycles. The van der Waals surface area contributed by atoms with Crippen molar-refractivity contribution in [2.45, 2.75) is 0 Å². The van der Waals surface area contributed by atoms with Gasteiger partial charge in [0.1, 0.15) is 0 Å². The lowest BCUT2D eigenvalue weighted by atomic mass is 10.5. The SMILES string of the molecule is O=S(=O)(O)CON1C=CC=CN1. The number of rotatable bonds is 3. The minimum Gasteiger partial charge on any atom is -0.284 e. The monoisotopic (exact) mass is 192 g/mol. The molecule has 0 aromatic rings. The molecule has 1 heterocycles. The topological polar surface area (TPSA) is 78.9 Å². The number of hydroxylamine groups is 1. The first-order valence-electron chi connectivity index (χ1n) is 3.05. The molecule has 0 atom stereocenters. The van der Waals surface area contributed by atoms with Crippen molar-refractivity contribution in [3.05, 3.63) is 24.6 Å². The summed E-state index contributed by atoms with van der Waals surface area (Å²) in [7, 11) is -4.09. The van der Waals surface area contributed by atoms with Crippen LogP contribution in [0.3, 0.4) is 0 Å². The largest absolute Gasteiger partial charge is 0.292 e. The normalized spacial score (nSPS) is 16.2. The van der Waals surface area contributed by atoms with Gasteiger partial charge in [0.05, 0.1) is 6.20 Å². The third kappa shape index (κ3) is 3.37. The van der Waals surface area contributed by atoms with Crippen LogP contribution >= 0.6 is 0 Å². The van der Waals surface area contributed by atoms with Crippen molar-refractivity contribution in [2.75, 3.05) is 5.94 Å². The molecule has 1 aliphatic heterocycles. The highest BCUT2D eigenvalue weighted by Crippen LogP contribution is 1.95. The zero-order valence-electron chi connectivity index (χ0n) is 6.04. The second-order valence-corrected chi connectivity index (χ2v) is 3.38. The Hall–Kier alpha value is -1.05. The average molecular weight is 192 g/mol. The smallest absolute Gasteiger partial charge is 0.284 e. The summed E-state index contributed by atoms with van der Waals surface area (Å²) in [6.45, 7) is 0. The molecule has 0 amide bonds. The fourth-order valence-electron chi connectivity index (χ4n) is 0.547. The molecule has 0 unspecified atom stereocenters. The van der Waals surface area contributed by atoms with Crippen LogP contribution in [0.15, 0.2) is 24.6 Å². The molecule has 7 heteroatoms. The van der Waals surface area contributed by atoms with E-state index in [1.165, 1.54) is 6.20 Å². The maximum Gasteiger partial charge on any atom is 0.292 e. The first-order chi connectivity index (χ1) is 5.58. The van der Waals surface area contributed by atoms with Gasteiger partial charge in [-0.05, 0) is 12.2 Å². The summed E-state index contributed by atoms with van der Waals surface area (Å²) >= 11 is 0. The van der Waals surface area contributed by atoms with E-state index in [-0.39, 0.29) is 0 Å². The number of hydrazine groups is 1. The lowest BCUT2D eigenvalue weighted by Gasteiger charge is -2.19. The first kappa shape index (κ1) is 9.04. The van der Waals surface area contributed by atoms with Gasteiger partial charge in [0.25, 0.3) is 10.1 Å². The van der Waals surface area contributed by atoms with Gasteiger partial charge in [0, 0.05) is 6.20 Å². The van der Waals surface area contributed by atoms with Crippen LogP contribution in [0.2, 0.25) is 0 Å². The molecular formula is C5H8N2O4S. The molecule has 0 fully saturated rings. The highest BCUT2D eigenvalue weighted by Gasteiger charge is 2.07. The number of nitrogens with zero attached hydrogens (tertiary/aromatic N) is 1. The Bertz CT molecular complexity index is 295. The fraction of sp³-hybridized carbons (Fsp3) is 0.200. The van der Waals surface area contributed by atoms with Crippen molar-refractivity contribution in [3.8, 4) is 0 Å². The number of hydrogen-bond acceptors (Lipinski definition) is 5. The third-order valence-corrected chi connectivity index (χ3v) is 1.37. The predicted molar refractivity (Wildman–Crippen MR) is 40.8 cm³/mol. The zero-order valence-corrected chi connectivity index (χ0v) is 6.86. The lowest BCUT2D eigenvalue weighted by molar-refractivity contribution is -0.130. The summed E-state index contributed by atoms with van der Waals surface area (Å²) in [5.41, 5.74) is 2.56. The second kappa shape index (κ2) is 3.57. The Kier molecular flexibility index (Phi) is 2.69. The summed E-state index contributed by atoms with van der Waals surface area (Å²) < 4.78 is 28.7. The van der Waals surface area contributed by atoms with Gasteiger partial charge in [-0.3, -0.25) is 9.98 Å². The van der Waals surface area contributed by atoms with Crippen molar-refractivity contribution in [2.24, 2.45) is 0 Å². The minimum absolute atomic E-state index is 0.780. The van der Waals surface area contributed by atoms with Crippen molar-refractivity contribution >= 4 is 10.1 Å². The van der Waals surface area contributed by atoms with E-state index in [0.717, 1.165) is 5.17 Å². The van der Waals surface area contributed by atoms with Gasteiger partial charge in [-0.1, -0.05) is 0 Å². The van der Waals surface area contributed by atoms with E-state index in [1.807, 2.05) is 0 Å². The molecule has 12 heavy (non-hydrogen) atoms. The highest BCUT2D eigenvalue weighted by molar-refractivity contribution is 7.85. The van der Waals surface area contributed by atoms with E-state index in [1.54, 1.807) is 18.4 Å². The Morgan fingerprint density at radius 3 is 2.75 bits per heavy atom. The van der Waals surface area contributed by atoms with E-state index >= 15 is 0 Å². The van der Waals surface area contributed by atoms with Crippen LogP contribution in [-0.2, 0) is 15.0 Å². The molecule has 0 aromatic carbocycles. The maximum absolute atomic E-state index is 10.2. The van der Waals surface area contributed by atoms with Crippen molar-refractivity contribution in [3.63, 3.8) is 0 Å². The molecule has 0 saturated heterocycles. The quantitative estimate of drug-likeness (QED) is 0.593.